The van der Waals surface area contributed by atoms with Crippen LogP contribution in [0.15, 0.2) is 23.0 Å². The van der Waals surface area contributed by atoms with Gasteiger partial charge in [0.1, 0.15) is 5.65 Å². The molecule has 2 rings (SSSR count). The van der Waals surface area contributed by atoms with E-state index in [9.17, 15) is 4.79 Å². The van der Waals surface area contributed by atoms with Crippen molar-refractivity contribution in [2.75, 3.05) is 13.2 Å². The molecule has 2 N–H and O–H groups in total. The molecule has 0 unspecified atom stereocenters. The number of rotatable bonds is 5. The normalized spacial score (nSPS) is 10.8. The molecule has 2 aromatic heterocycles. The highest BCUT2D eigenvalue weighted by atomic mass is 16.5. The molecule has 0 aliphatic carbocycles. The highest BCUT2D eigenvalue weighted by molar-refractivity contribution is 5.78. The number of ether oxygens (including phenoxy) is 1. The van der Waals surface area contributed by atoms with Crippen molar-refractivity contribution < 1.29 is 9.84 Å². The summed E-state index contributed by atoms with van der Waals surface area (Å²) in [5.41, 5.74) is 1.28. The molecule has 0 fully saturated rings. The van der Waals surface area contributed by atoms with Gasteiger partial charge in [-0.25, -0.2) is 0 Å². The summed E-state index contributed by atoms with van der Waals surface area (Å²) in [5.74, 6) is 0.488. The maximum absolute atomic E-state index is 11.4. The summed E-state index contributed by atoms with van der Waals surface area (Å²) < 4.78 is 5.45. The Balaban J connectivity index is 2.19. The monoisotopic (exact) mass is 248 g/mol. The first-order valence-corrected chi connectivity index (χ1v) is 5.95. The van der Waals surface area contributed by atoms with Gasteiger partial charge in [-0.05, 0) is 31.4 Å². The second kappa shape index (κ2) is 5.64. The number of aliphatic hydroxyl groups excluding tert-OH is 1. The van der Waals surface area contributed by atoms with Crippen molar-refractivity contribution in [1.82, 2.24) is 9.97 Å². The summed E-state index contributed by atoms with van der Waals surface area (Å²) in [6.07, 6.45) is 1.49. The molecule has 0 aromatic carbocycles. The van der Waals surface area contributed by atoms with E-state index in [0.29, 0.717) is 24.6 Å². The molecule has 0 spiro atoms. The standard InChI is InChI=1S/C13H16N2O3/c1-9-8-11(17)14-13-10(9)4-5-12(15-13)18-7-3-2-6-16/h4-5,8,16H,2-3,6-7H2,1H3,(H,14,15,17). The smallest absolute Gasteiger partial charge is 0.249 e. The predicted octanol–water partition coefficient (Wildman–Crippen LogP) is 1.38. The molecular formula is C13H16N2O3. The van der Waals surface area contributed by atoms with Crippen LogP contribution in [0.1, 0.15) is 18.4 Å². The van der Waals surface area contributed by atoms with Gasteiger partial charge in [-0.15, -0.1) is 0 Å². The van der Waals surface area contributed by atoms with E-state index in [1.807, 2.05) is 13.0 Å². The zero-order valence-electron chi connectivity index (χ0n) is 10.3. The average Bonchev–Trinajstić information content (AvgIpc) is 2.34. The van der Waals surface area contributed by atoms with E-state index < -0.39 is 0 Å². The Labute approximate surface area is 104 Å². The third-order valence-electron chi connectivity index (χ3n) is 2.69. The highest BCUT2D eigenvalue weighted by Gasteiger charge is 2.03. The van der Waals surface area contributed by atoms with Gasteiger partial charge >= 0.3 is 0 Å². The number of pyridine rings is 2. The van der Waals surface area contributed by atoms with Gasteiger partial charge in [-0.2, -0.15) is 4.98 Å². The molecule has 5 heteroatoms. The van der Waals surface area contributed by atoms with E-state index in [0.717, 1.165) is 17.4 Å². The lowest BCUT2D eigenvalue weighted by Gasteiger charge is -2.06. The van der Waals surface area contributed by atoms with Gasteiger partial charge in [0.2, 0.25) is 11.4 Å². The van der Waals surface area contributed by atoms with Crippen LogP contribution in [0, 0.1) is 6.92 Å². The minimum absolute atomic E-state index is 0.162. The Bertz CT molecular complexity index is 592. The fraction of sp³-hybridized carbons (Fsp3) is 0.385. The molecule has 0 bridgehead atoms. The number of H-pyrrole nitrogens is 1. The molecular weight excluding hydrogens is 232 g/mol. The van der Waals surface area contributed by atoms with Gasteiger partial charge in [0.05, 0.1) is 6.61 Å². The number of fused-ring (bicyclic) bond motifs is 1. The first kappa shape index (κ1) is 12.6. The molecule has 0 saturated heterocycles. The number of aryl methyl sites for hydroxylation is 1. The third-order valence-corrected chi connectivity index (χ3v) is 2.69. The van der Waals surface area contributed by atoms with Crippen molar-refractivity contribution in [2.24, 2.45) is 0 Å². The largest absolute Gasteiger partial charge is 0.478 e. The van der Waals surface area contributed by atoms with E-state index in [1.54, 1.807) is 12.1 Å². The SMILES string of the molecule is Cc1cc(=O)[nH]c2nc(OCCCCO)ccc12. The van der Waals surface area contributed by atoms with Crippen LogP contribution in [0.2, 0.25) is 0 Å². The number of unbranched alkanes of at least 4 members (excludes halogenated alkanes) is 1. The van der Waals surface area contributed by atoms with Crippen LogP contribution in [0.5, 0.6) is 5.88 Å². The highest BCUT2D eigenvalue weighted by Crippen LogP contribution is 2.16. The van der Waals surface area contributed by atoms with Crippen molar-refractivity contribution in [1.29, 1.82) is 0 Å². The van der Waals surface area contributed by atoms with Gasteiger partial charge in [-0.3, -0.25) is 4.79 Å². The number of aromatic amines is 1. The van der Waals surface area contributed by atoms with E-state index in [1.165, 1.54) is 0 Å². The molecule has 0 aliphatic rings. The lowest BCUT2D eigenvalue weighted by Crippen LogP contribution is -2.07. The van der Waals surface area contributed by atoms with Crippen LogP contribution < -0.4 is 10.3 Å². The quantitative estimate of drug-likeness (QED) is 0.784. The molecule has 2 aromatic rings. The fourth-order valence-electron chi connectivity index (χ4n) is 1.75. The van der Waals surface area contributed by atoms with Gasteiger partial charge in [0.15, 0.2) is 0 Å². The van der Waals surface area contributed by atoms with Gasteiger partial charge in [0.25, 0.3) is 0 Å². The summed E-state index contributed by atoms with van der Waals surface area (Å²) in [6, 6.07) is 5.22. The fourth-order valence-corrected chi connectivity index (χ4v) is 1.75. The minimum Gasteiger partial charge on any atom is -0.478 e. The number of aromatic nitrogens is 2. The minimum atomic E-state index is -0.162. The van der Waals surface area contributed by atoms with Crippen LogP contribution >= 0.6 is 0 Å². The number of hydrogen-bond donors (Lipinski definition) is 2. The number of aliphatic hydroxyl groups is 1. The summed E-state index contributed by atoms with van der Waals surface area (Å²) in [5, 5.41) is 9.57. The molecule has 96 valence electrons. The third kappa shape index (κ3) is 2.87. The van der Waals surface area contributed by atoms with Gasteiger partial charge in [0, 0.05) is 24.1 Å². The Hall–Kier alpha value is -1.88. The maximum Gasteiger partial charge on any atom is 0.249 e. The van der Waals surface area contributed by atoms with Crippen LogP contribution in [-0.2, 0) is 0 Å². The number of hydrogen-bond acceptors (Lipinski definition) is 4. The summed E-state index contributed by atoms with van der Waals surface area (Å²) in [4.78, 5) is 18.3. The molecule has 0 amide bonds. The lowest BCUT2D eigenvalue weighted by molar-refractivity contribution is 0.249. The Morgan fingerprint density at radius 1 is 1.39 bits per heavy atom. The maximum atomic E-state index is 11.4. The van der Waals surface area contributed by atoms with E-state index >= 15 is 0 Å². The van der Waals surface area contributed by atoms with Crippen LogP contribution in [0.25, 0.3) is 11.0 Å². The first-order valence-electron chi connectivity index (χ1n) is 5.95. The number of nitrogens with one attached hydrogen (secondary N) is 1. The number of nitrogens with zero attached hydrogens (tertiary/aromatic N) is 1. The van der Waals surface area contributed by atoms with E-state index in [2.05, 4.69) is 9.97 Å². The molecule has 0 atom stereocenters. The van der Waals surface area contributed by atoms with E-state index in [4.69, 9.17) is 9.84 Å². The Kier molecular flexibility index (Phi) is 3.94. The Morgan fingerprint density at radius 2 is 2.22 bits per heavy atom. The first-order chi connectivity index (χ1) is 8.70. The van der Waals surface area contributed by atoms with Gasteiger partial charge < -0.3 is 14.8 Å². The van der Waals surface area contributed by atoms with Crippen molar-refractivity contribution >= 4 is 11.0 Å². The van der Waals surface area contributed by atoms with Crippen LogP contribution in [0.4, 0.5) is 0 Å². The predicted molar refractivity (Wildman–Crippen MR) is 68.9 cm³/mol. The Morgan fingerprint density at radius 3 is 3.00 bits per heavy atom. The molecule has 5 nitrogen and oxygen atoms in total. The molecule has 0 saturated carbocycles. The molecule has 18 heavy (non-hydrogen) atoms. The van der Waals surface area contributed by atoms with Crippen molar-refractivity contribution in [3.05, 3.63) is 34.1 Å². The van der Waals surface area contributed by atoms with E-state index in [-0.39, 0.29) is 12.2 Å². The second-order valence-corrected chi connectivity index (χ2v) is 4.14. The summed E-state index contributed by atoms with van der Waals surface area (Å²) in [6.45, 7) is 2.55. The van der Waals surface area contributed by atoms with Crippen molar-refractivity contribution in [3.8, 4) is 5.88 Å². The molecule has 0 aliphatic heterocycles. The summed E-state index contributed by atoms with van der Waals surface area (Å²) in [7, 11) is 0. The average molecular weight is 248 g/mol. The van der Waals surface area contributed by atoms with Crippen LogP contribution in [0.3, 0.4) is 0 Å². The zero-order chi connectivity index (χ0) is 13.0. The summed E-state index contributed by atoms with van der Waals surface area (Å²) >= 11 is 0. The van der Waals surface area contributed by atoms with Crippen molar-refractivity contribution in [2.45, 2.75) is 19.8 Å². The lowest BCUT2D eigenvalue weighted by atomic mass is 10.2. The molecule has 0 radical (unpaired) electrons. The second-order valence-electron chi connectivity index (χ2n) is 4.14. The van der Waals surface area contributed by atoms with Gasteiger partial charge in [-0.1, -0.05) is 0 Å². The topological polar surface area (TPSA) is 75.2 Å². The molecule has 2 heterocycles. The zero-order valence-corrected chi connectivity index (χ0v) is 10.3. The van der Waals surface area contributed by atoms with Crippen molar-refractivity contribution in [3.63, 3.8) is 0 Å². The van der Waals surface area contributed by atoms with Crippen LogP contribution in [-0.4, -0.2) is 28.3 Å².